The van der Waals surface area contributed by atoms with Gasteiger partial charge in [-0.1, -0.05) is 60.7 Å². The van der Waals surface area contributed by atoms with E-state index in [2.05, 4.69) is 31.5 Å². The zero-order valence-corrected chi connectivity index (χ0v) is 23.6. The number of carbonyl (C=O) groups excluding carboxylic acids is 1. The molecule has 2 amide bonds. The monoisotopic (exact) mass is 569 g/mol. The molecule has 2 heterocycles. The van der Waals surface area contributed by atoms with Crippen LogP contribution in [0.3, 0.4) is 0 Å². The molecule has 0 saturated carbocycles. The molecule has 0 fully saturated rings. The summed E-state index contributed by atoms with van der Waals surface area (Å²) in [5.74, 6) is 1.60. The Balaban J connectivity index is 1.06. The molecule has 43 heavy (non-hydrogen) atoms. The van der Waals surface area contributed by atoms with E-state index in [9.17, 15) is 10.1 Å². The Hall–Kier alpha value is -5.62. The first kappa shape index (κ1) is 27.5. The van der Waals surface area contributed by atoms with Crippen molar-refractivity contribution in [3.63, 3.8) is 0 Å². The van der Waals surface area contributed by atoms with Crippen LogP contribution in [0.1, 0.15) is 40.8 Å². The number of para-hydroxylation sites is 1. The molecule has 9 heteroatoms. The van der Waals surface area contributed by atoms with Gasteiger partial charge in [0.2, 0.25) is 0 Å². The maximum Gasteiger partial charge on any atom is 0.324 e. The number of carbonyl (C=O) groups is 1. The third-order valence-corrected chi connectivity index (χ3v) is 7.62. The van der Waals surface area contributed by atoms with Crippen LogP contribution in [0, 0.1) is 11.3 Å². The standard InChI is InChI=1S/C34H31N7O2/c35-20-28-27-11-5-7-13-31(27)41(33(28)36)21-23-14-16-26(17-15-23)43-22-25-10-4-6-12-29(25)37-34(42)38-32-19-18-30(39-40-32)24-8-2-1-3-9-24/h1-4,6,8-10,12,14-19H,5,7,11,13,21-22,36H2,(H2,37,38,40,42). The number of rotatable bonds is 8. The van der Waals surface area contributed by atoms with Gasteiger partial charge in [0.25, 0.3) is 0 Å². The van der Waals surface area contributed by atoms with E-state index in [1.54, 1.807) is 6.07 Å². The van der Waals surface area contributed by atoms with E-state index in [1.165, 1.54) is 5.69 Å². The fourth-order valence-corrected chi connectivity index (χ4v) is 5.43. The minimum absolute atomic E-state index is 0.269. The highest BCUT2D eigenvalue weighted by molar-refractivity contribution is 5.99. The van der Waals surface area contributed by atoms with Crippen molar-refractivity contribution in [3.05, 3.63) is 119 Å². The molecule has 1 aliphatic rings. The number of benzene rings is 3. The van der Waals surface area contributed by atoms with E-state index < -0.39 is 6.03 Å². The van der Waals surface area contributed by atoms with Crippen molar-refractivity contribution >= 4 is 23.4 Å². The van der Waals surface area contributed by atoms with Crippen LogP contribution in [0.15, 0.2) is 91.0 Å². The van der Waals surface area contributed by atoms with Crippen molar-refractivity contribution in [1.82, 2.24) is 14.8 Å². The summed E-state index contributed by atoms with van der Waals surface area (Å²) < 4.78 is 8.14. The van der Waals surface area contributed by atoms with Crippen molar-refractivity contribution in [2.45, 2.75) is 38.8 Å². The van der Waals surface area contributed by atoms with E-state index in [0.29, 0.717) is 35.2 Å². The minimum atomic E-state index is -0.426. The van der Waals surface area contributed by atoms with Gasteiger partial charge in [-0.2, -0.15) is 5.26 Å². The molecular formula is C34H31N7O2. The van der Waals surface area contributed by atoms with Crippen LogP contribution in [-0.4, -0.2) is 20.8 Å². The summed E-state index contributed by atoms with van der Waals surface area (Å²) in [4.78, 5) is 12.7. The molecule has 9 nitrogen and oxygen atoms in total. The number of nitrogens with zero attached hydrogens (tertiary/aromatic N) is 4. The summed E-state index contributed by atoms with van der Waals surface area (Å²) >= 11 is 0. The smallest absolute Gasteiger partial charge is 0.324 e. The molecule has 1 aliphatic carbocycles. The Kier molecular flexibility index (Phi) is 8.00. The van der Waals surface area contributed by atoms with Gasteiger partial charge >= 0.3 is 6.03 Å². The molecule has 2 aromatic heterocycles. The molecule has 0 atom stereocenters. The molecule has 6 rings (SSSR count). The molecule has 5 aromatic rings. The Morgan fingerprint density at radius 3 is 2.44 bits per heavy atom. The zero-order chi connectivity index (χ0) is 29.6. The van der Waals surface area contributed by atoms with Gasteiger partial charge in [-0.05, 0) is 67.1 Å². The van der Waals surface area contributed by atoms with Crippen LogP contribution in [0.4, 0.5) is 22.1 Å². The zero-order valence-electron chi connectivity index (χ0n) is 23.6. The predicted octanol–water partition coefficient (Wildman–Crippen LogP) is 6.55. The van der Waals surface area contributed by atoms with E-state index in [-0.39, 0.29) is 6.61 Å². The largest absolute Gasteiger partial charge is 0.489 e. The van der Waals surface area contributed by atoms with Gasteiger partial charge in [0.15, 0.2) is 5.82 Å². The number of fused-ring (bicyclic) bond motifs is 1. The van der Waals surface area contributed by atoms with Crippen molar-refractivity contribution in [2.75, 3.05) is 16.4 Å². The quantitative estimate of drug-likeness (QED) is 0.194. The number of aromatic nitrogens is 3. The third-order valence-electron chi connectivity index (χ3n) is 7.62. The highest BCUT2D eigenvalue weighted by Gasteiger charge is 2.23. The summed E-state index contributed by atoms with van der Waals surface area (Å²) in [6, 6.07) is 30.5. The maximum absolute atomic E-state index is 12.7. The Bertz CT molecular complexity index is 1770. The van der Waals surface area contributed by atoms with Crippen LogP contribution in [0.2, 0.25) is 0 Å². The summed E-state index contributed by atoms with van der Waals surface area (Å²) in [7, 11) is 0. The van der Waals surface area contributed by atoms with E-state index in [4.69, 9.17) is 10.5 Å². The average molecular weight is 570 g/mol. The summed E-state index contributed by atoms with van der Waals surface area (Å²) in [6.45, 7) is 0.877. The van der Waals surface area contributed by atoms with Crippen molar-refractivity contribution in [2.24, 2.45) is 0 Å². The van der Waals surface area contributed by atoms with Crippen LogP contribution >= 0.6 is 0 Å². The SMILES string of the molecule is N#Cc1c2c(n(Cc3ccc(OCc4ccccc4NC(=O)Nc4ccc(-c5ccccc5)nn4)cc3)c1N)CCCC2. The number of nitrogens with one attached hydrogen (secondary N) is 2. The third kappa shape index (κ3) is 6.19. The molecule has 0 spiro atoms. The number of hydrogen-bond acceptors (Lipinski definition) is 6. The minimum Gasteiger partial charge on any atom is -0.489 e. The number of nitriles is 1. The van der Waals surface area contributed by atoms with Crippen LogP contribution in [0.5, 0.6) is 5.75 Å². The van der Waals surface area contributed by atoms with Crippen molar-refractivity contribution < 1.29 is 9.53 Å². The summed E-state index contributed by atoms with van der Waals surface area (Å²) in [5.41, 5.74) is 13.5. The number of urea groups is 1. The fourth-order valence-electron chi connectivity index (χ4n) is 5.43. The van der Waals surface area contributed by atoms with Crippen LogP contribution in [-0.2, 0) is 26.0 Å². The fraction of sp³-hybridized carbons (Fsp3) is 0.176. The molecule has 0 radical (unpaired) electrons. The second-order valence-corrected chi connectivity index (χ2v) is 10.4. The van der Waals surface area contributed by atoms with E-state index >= 15 is 0 Å². The first-order chi connectivity index (χ1) is 21.1. The van der Waals surface area contributed by atoms with Gasteiger partial charge in [-0.25, -0.2) is 4.79 Å². The molecular weight excluding hydrogens is 538 g/mol. The lowest BCUT2D eigenvalue weighted by molar-refractivity contribution is 0.262. The van der Waals surface area contributed by atoms with Gasteiger partial charge in [0.05, 0.1) is 11.3 Å². The van der Waals surface area contributed by atoms with Gasteiger partial charge < -0.3 is 20.4 Å². The van der Waals surface area contributed by atoms with Crippen molar-refractivity contribution in [1.29, 1.82) is 5.26 Å². The van der Waals surface area contributed by atoms with E-state index in [0.717, 1.165) is 53.6 Å². The molecule has 3 aromatic carbocycles. The normalized spacial score (nSPS) is 12.2. The molecule has 214 valence electrons. The highest BCUT2D eigenvalue weighted by Crippen LogP contribution is 2.32. The number of nitrogen functional groups attached to an aromatic ring is 1. The van der Waals surface area contributed by atoms with Gasteiger partial charge in [-0.3, -0.25) is 5.32 Å². The van der Waals surface area contributed by atoms with Crippen LogP contribution < -0.4 is 21.1 Å². The highest BCUT2D eigenvalue weighted by atomic mass is 16.5. The summed E-state index contributed by atoms with van der Waals surface area (Å²) in [6.07, 6.45) is 4.07. The predicted molar refractivity (Wildman–Crippen MR) is 167 cm³/mol. The van der Waals surface area contributed by atoms with E-state index in [1.807, 2.05) is 84.9 Å². The van der Waals surface area contributed by atoms with Crippen LogP contribution in [0.25, 0.3) is 11.3 Å². The topological polar surface area (TPSA) is 131 Å². The van der Waals surface area contributed by atoms with Gasteiger partial charge in [-0.15, -0.1) is 10.2 Å². The second-order valence-electron chi connectivity index (χ2n) is 10.4. The molecule has 0 saturated heterocycles. The van der Waals surface area contributed by atoms with Crippen molar-refractivity contribution in [3.8, 4) is 23.1 Å². The Morgan fingerprint density at radius 1 is 0.907 bits per heavy atom. The Labute approximate surface area is 250 Å². The van der Waals surface area contributed by atoms with Gasteiger partial charge in [0, 0.05) is 29.1 Å². The molecule has 4 N–H and O–H groups in total. The number of amides is 2. The first-order valence-corrected chi connectivity index (χ1v) is 14.3. The molecule has 0 aliphatic heterocycles. The first-order valence-electron chi connectivity index (χ1n) is 14.3. The number of ether oxygens (including phenoxy) is 1. The summed E-state index contributed by atoms with van der Waals surface area (Å²) in [5, 5.41) is 23.6. The lowest BCUT2D eigenvalue weighted by Crippen LogP contribution is -2.21. The number of anilines is 3. The van der Waals surface area contributed by atoms with Gasteiger partial charge in [0.1, 0.15) is 24.2 Å². The lowest BCUT2D eigenvalue weighted by atomic mass is 9.95. The lowest BCUT2D eigenvalue weighted by Gasteiger charge is -2.16. The molecule has 0 bridgehead atoms. The number of hydrogen-bond donors (Lipinski definition) is 3. The Morgan fingerprint density at radius 2 is 1.67 bits per heavy atom. The second kappa shape index (κ2) is 12.5. The number of nitrogens with two attached hydrogens (primary N) is 1. The average Bonchev–Trinajstić information content (AvgIpc) is 3.32. The maximum atomic E-state index is 12.7. The molecule has 0 unspecified atom stereocenters.